The molecule has 2 N–H and O–H groups in total. The van der Waals surface area contributed by atoms with Gasteiger partial charge in [0, 0.05) is 13.2 Å². The number of hydrogen-bond donors (Lipinski definition) is 2. The molecule has 25 heavy (non-hydrogen) atoms. The van der Waals surface area contributed by atoms with Crippen molar-refractivity contribution < 1.29 is 43.5 Å². The van der Waals surface area contributed by atoms with Crippen LogP contribution in [-0.4, -0.2) is 88.2 Å². The van der Waals surface area contributed by atoms with E-state index in [-0.39, 0.29) is 19.6 Å². The molecular formula is C16H30O9. The van der Waals surface area contributed by atoms with E-state index in [2.05, 4.69) is 6.92 Å². The molecule has 0 saturated carbocycles. The van der Waals surface area contributed by atoms with E-state index in [4.69, 9.17) is 33.9 Å². The predicted octanol–water partition coefficient (Wildman–Crippen LogP) is 0.655. The first-order chi connectivity index (χ1) is 12.1. The predicted molar refractivity (Wildman–Crippen MR) is 87.8 cm³/mol. The van der Waals surface area contributed by atoms with Crippen LogP contribution >= 0.6 is 0 Å². The molecule has 0 saturated heterocycles. The van der Waals surface area contributed by atoms with E-state index in [1.54, 1.807) is 0 Å². The Bertz CT molecular complexity index is 322. The van der Waals surface area contributed by atoms with E-state index in [1.807, 2.05) is 0 Å². The Morgan fingerprint density at radius 1 is 0.640 bits per heavy atom. The van der Waals surface area contributed by atoms with Gasteiger partial charge in [-0.25, -0.2) is 0 Å². The molecule has 0 aromatic rings. The summed E-state index contributed by atoms with van der Waals surface area (Å²) in [5.74, 6) is -4.15. The molecule has 0 radical (unpaired) electrons. The van der Waals surface area contributed by atoms with Crippen LogP contribution in [0.3, 0.4) is 0 Å². The lowest BCUT2D eigenvalue weighted by molar-refractivity contribution is -0.155. The summed E-state index contributed by atoms with van der Waals surface area (Å²) in [4.78, 5) is 21.3. The molecule has 0 bridgehead atoms. The molecule has 0 amide bonds. The Kier molecular flexibility index (Phi) is 16.7. The molecular weight excluding hydrogens is 336 g/mol. The van der Waals surface area contributed by atoms with Crippen LogP contribution in [0, 0.1) is 5.92 Å². The largest absolute Gasteiger partial charge is 0.481 e. The van der Waals surface area contributed by atoms with Crippen molar-refractivity contribution in [3.8, 4) is 0 Å². The Balaban J connectivity index is 3.21. The maximum absolute atomic E-state index is 10.6. The van der Waals surface area contributed by atoms with E-state index < -0.39 is 17.9 Å². The van der Waals surface area contributed by atoms with Crippen LogP contribution in [0.25, 0.3) is 0 Å². The lowest BCUT2D eigenvalue weighted by Crippen LogP contribution is -2.25. The molecule has 0 rings (SSSR count). The molecule has 9 heteroatoms. The SMILES string of the molecule is CCCOCCOCCOCCOCCOCCC(C(=O)O)C(=O)O. The number of carbonyl (C=O) groups is 2. The normalized spacial score (nSPS) is 11.1. The van der Waals surface area contributed by atoms with Crippen molar-refractivity contribution in [2.24, 2.45) is 5.92 Å². The second-order valence-electron chi connectivity index (χ2n) is 5.08. The van der Waals surface area contributed by atoms with Crippen LogP contribution in [0.2, 0.25) is 0 Å². The van der Waals surface area contributed by atoms with Gasteiger partial charge in [-0.3, -0.25) is 9.59 Å². The highest BCUT2D eigenvalue weighted by Gasteiger charge is 2.24. The summed E-state index contributed by atoms with van der Waals surface area (Å²) < 4.78 is 26.3. The standard InChI is InChI=1S/C16H30O9/c1-2-4-21-6-8-23-10-12-25-13-11-24-9-7-22-5-3-14(15(17)18)16(19)20/h14H,2-13H2,1H3,(H,17,18)(H,19,20). The number of aliphatic carboxylic acids is 2. The van der Waals surface area contributed by atoms with Gasteiger partial charge in [-0.15, -0.1) is 0 Å². The average Bonchev–Trinajstić information content (AvgIpc) is 2.57. The molecule has 0 fully saturated rings. The van der Waals surface area contributed by atoms with Gasteiger partial charge in [0.15, 0.2) is 5.92 Å². The van der Waals surface area contributed by atoms with Crippen molar-refractivity contribution in [3.05, 3.63) is 0 Å². The monoisotopic (exact) mass is 366 g/mol. The summed E-state index contributed by atoms with van der Waals surface area (Å²) in [6.45, 7) is 6.46. The molecule has 0 aliphatic carbocycles. The van der Waals surface area contributed by atoms with Gasteiger partial charge in [-0.1, -0.05) is 6.92 Å². The fourth-order valence-corrected chi connectivity index (χ4v) is 1.68. The highest BCUT2D eigenvalue weighted by atomic mass is 16.6. The van der Waals surface area contributed by atoms with Crippen LogP contribution < -0.4 is 0 Å². The van der Waals surface area contributed by atoms with Crippen LogP contribution in [0.5, 0.6) is 0 Å². The molecule has 0 spiro atoms. The molecule has 9 nitrogen and oxygen atoms in total. The van der Waals surface area contributed by atoms with Gasteiger partial charge in [0.2, 0.25) is 0 Å². The molecule has 0 aromatic heterocycles. The minimum atomic E-state index is -1.44. The van der Waals surface area contributed by atoms with Gasteiger partial charge in [0.1, 0.15) is 0 Å². The number of carboxylic acids is 2. The Labute approximate surface area is 148 Å². The van der Waals surface area contributed by atoms with E-state index in [0.29, 0.717) is 46.2 Å². The lowest BCUT2D eigenvalue weighted by atomic mass is 10.1. The lowest BCUT2D eigenvalue weighted by Gasteiger charge is -2.09. The zero-order valence-corrected chi connectivity index (χ0v) is 14.8. The second-order valence-corrected chi connectivity index (χ2v) is 5.08. The van der Waals surface area contributed by atoms with Crippen LogP contribution in [0.15, 0.2) is 0 Å². The van der Waals surface area contributed by atoms with Crippen LogP contribution in [-0.2, 0) is 33.3 Å². The van der Waals surface area contributed by atoms with Crippen molar-refractivity contribution in [2.45, 2.75) is 19.8 Å². The smallest absolute Gasteiger partial charge is 0.317 e. The molecule has 0 aliphatic heterocycles. The summed E-state index contributed by atoms with van der Waals surface area (Å²) in [5, 5.41) is 17.4. The summed E-state index contributed by atoms with van der Waals surface area (Å²) in [7, 11) is 0. The fraction of sp³-hybridized carbons (Fsp3) is 0.875. The minimum absolute atomic E-state index is 0.0580. The summed E-state index contributed by atoms with van der Waals surface area (Å²) in [5.41, 5.74) is 0. The molecule has 0 atom stereocenters. The van der Waals surface area contributed by atoms with Crippen molar-refractivity contribution in [1.82, 2.24) is 0 Å². The third-order valence-electron chi connectivity index (χ3n) is 2.98. The number of rotatable bonds is 19. The quantitative estimate of drug-likeness (QED) is 0.251. The van der Waals surface area contributed by atoms with Gasteiger partial charge >= 0.3 is 11.9 Å². The maximum atomic E-state index is 10.6. The Morgan fingerprint density at radius 3 is 1.28 bits per heavy atom. The topological polar surface area (TPSA) is 121 Å². The highest BCUT2D eigenvalue weighted by molar-refractivity contribution is 5.92. The van der Waals surface area contributed by atoms with Crippen molar-refractivity contribution >= 4 is 11.9 Å². The highest BCUT2D eigenvalue weighted by Crippen LogP contribution is 2.03. The van der Waals surface area contributed by atoms with E-state index in [0.717, 1.165) is 13.0 Å². The average molecular weight is 366 g/mol. The van der Waals surface area contributed by atoms with Crippen molar-refractivity contribution in [1.29, 1.82) is 0 Å². The first-order valence-corrected chi connectivity index (χ1v) is 8.43. The third kappa shape index (κ3) is 16.0. The van der Waals surface area contributed by atoms with Crippen molar-refractivity contribution in [3.63, 3.8) is 0 Å². The Morgan fingerprint density at radius 2 is 0.960 bits per heavy atom. The van der Waals surface area contributed by atoms with Crippen LogP contribution in [0.1, 0.15) is 19.8 Å². The summed E-state index contributed by atoms with van der Waals surface area (Å²) in [6, 6.07) is 0. The third-order valence-corrected chi connectivity index (χ3v) is 2.98. The molecule has 0 aromatic carbocycles. The van der Waals surface area contributed by atoms with Crippen LogP contribution in [0.4, 0.5) is 0 Å². The van der Waals surface area contributed by atoms with Gasteiger partial charge < -0.3 is 33.9 Å². The van der Waals surface area contributed by atoms with E-state index in [1.165, 1.54) is 0 Å². The van der Waals surface area contributed by atoms with Gasteiger partial charge in [0.05, 0.1) is 52.9 Å². The van der Waals surface area contributed by atoms with Gasteiger partial charge in [-0.2, -0.15) is 0 Å². The first-order valence-electron chi connectivity index (χ1n) is 8.43. The molecule has 0 aliphatic rings. The number of carboxylic acid groups (broad SMARTS) is 2. The number of ether oxygens (including phenoxy) is 5. The zero-order valence-electron chi connectivity index (χ0n) is 14.8. The minimum Gasteiger partial charge on any atom is -0.481 e. The van der Waals surface area contributed by atoms with Crippen molar-refractivity contribution in [2.75, 3.05) is 66.1 Å². The molecule has 148 valence electrons. The molecule has 0 unspecified atom stereocenters. The maximum Gasteiger partial charge on any atom is 0.317 e. The first kappa shape index (κ1) is 23.7. The van der Waals surface area contributed by atoms with E-state index in [9.17, 15) is 9.59 Å². The Hall–Kier alpha value is -1.26. The summed E-state index contributed by atoms with van der Waals surface area (Å²) >= 11 is 0. The second kappa shape index (κ2) is 17.6. The van der Waals surface area contributed by atoms with Gasteiger partial charge in [-0.05, 0) is 12.8 Å². The van der Waals surface area contributed by atoms with Gasteiger partial charge in [0.25, 0.3) is 0 Å². The summed E-state index contributed by atoms with van der Waals surface area (Å²) in [6.07, 6.45) is 0.927. The number of hydrogen-bond acceptors (Lipinski definition) is 7. The zero-order chi connectivity index (χ0) is 18.8. The fourth-order valence-electron chi connectivity index (χ4n) is 1.68. The molecule has 0 heterocycles. The van der Waals surface area contributed by atoms with E-state index >= 15 is 0 Å².